The van der Waals surface area contributed by atoms with E-state index in [9.17, 15) is 0 Å². The molecule has 0 saturated heterocycles. The van der Waals surface area contributed by atoms with Crippen LogP contribution in [0.1, 0.15) is 36.4 Å². The van der Waals surface area contributed by atoms with Crippen LogP contribution in [-0.4, -0.2) is 0 Å². The van der Waals surface area contributed by atoms with Crippen molar-refractivity contribution in [3.63, 3.8) is 0 Å². The van der Waals surface area contributed by atoms with E-state index in [-0.39, 0.29) is 6.04 Å². The van der Waals surface area contributed by atoms with Gasteiger partial charge in [0, 0.05) is 5.02 Å². The van der Waals surface area contributed by atoms with Gasteiger partial charge in [0.15, 0.2) is 0 Å². The molecule has 1 unspecified atom stereocenters. The highest BCUT2D eigenvalue weighted by molar-refractivity contribution is 6.32. The fourth-order valence-corrected chi connectivity index (χ4v) is 2.33. The molecular formula is C13H16ClN. The number of allylic oxidation sites excluding steroid dienone is 1. The topological polar surface area (TPSA) is 26.0 Å². The molecule has 0 amide bonds. The van der Waals surface area contributed by atoms with Gasteiger partial charge in [-0.15, -0.1) is 0 Å². The Kier molecular flexibility index (Phi) is 3.13. The zero-order valence-electron chi connectivity index (χ0n) is 8.96. The zero-order chi connectivity index (χ0) is 10.8. The largest absolute Gasteiger partial charge is 0.321 e. The van der Waals surface area contributed by atoms with Crippen LogP contribution in [0.25, 0.3) is 0 Å². The van der Waals surface area contributed by atoms with Crippen molar-refractivity contribution >= 4 is 11.6 Å². The van der Waals surface area contributed by atoms with Crippen molar-refractivity contribution in [2.45, 2.75) is 32.2 Å². The van der Waals surface area contributed by atoms with Crippen molar-refractivity contribution in [1.29, 1.82) is 0 Å². The molecule has 2 heteroatoms. The van der Waals surface area contributed by atoms with Gasteiger partial charge in [-0.05, 0) is 37.3 Å². The number of benzene rings is 1. The number of nitrogens with two attached hydrogens (primary N) is 1. The van der Waals surface area contributed by atoms with Crippen LogP contribution in [-0.2, 0) is 0 Å². The van der Waals surface area contributed by atoms with Crippen molar-refractivity contribution in [1.82, 2.24) is 0 Å². The van der Waals surface area contributed by atoms with Crippen LogP contribution in [0.4, 0.5) is 0 Å². The molecule has 1 aromatic carbocycles. The molecule has 0 spiro atoms. The van der Waals surface area contributed by atoms with Gasteiger partial charge in [-0.1, -0.05) is 41.4 Å². The van der Waals surface area contributed by atoms with Crippen LogP contribution in [0, 0.1) is 6.92 Å². The first-order valence-electron chi connectivity index (χ1n) is 5.39. The van der Waals surface area contributed by atoms with Crippen LogP contribution in [0.15, 0.2) is 29.8 Å². The molecule has 0 heterocycles. The van der Waals surface area contributed by atoms with E-state index >= 15 is 0 Å². The summed E-state index contributed by atoms with van der Waals surface area (Å²) in [6, 6.07) is 6.05. The molecule has 0 saturated carbocycles. The summed E-state index contributed by atoms with van der Waals surface area (Å²) in [4.78, 5) is 0. The highest BCUT2D eigenvalue weighted by atomic mass is 35.5. The molecule has 15 heavy (non-hydrogen) atoms. The Morgan fingerprint density at radius 1 is 1.40 bits per heavy atom. The Balaban J connectivity index is 2.32. The van der Waals surface area contributed by atoms with Gasteiger partial charge >= 0.3 is 0 Å². The summed E-state index contributed by atoms with van der Waals surface area (Å²) in [5.74, 6) is 0. The Morgan fingerprint density at radius 3 is 2.87 bits per heavy atom. The number of hydrogen-bond donors (Lipinski definition) is 1. The predicted molar refractivity (Wildman–Crippen MR) is 65.1 cm³/mol. The third-order valence-electron chi connectivity index (χ3n) is 3.03. The third-order valence-corrected chi connectivity index (χ3v) is 3.55. The van der Waals surface area contributed by atoms with Gasteiger partial charge < -0.3 is 5.73 Å². The van der Waals surface area contributed by atoms with Gasteiger partial charge in [-0.3, -0.25) is 0 Å². The molecule has 1 atom stereocenters. The number of rotatable bonds is 2. The Bertz CT molecular complexity index is 396. The Morgan fingerprint density at radius 2 is 2.20 bits per heavy atom. The number of halogens is 1. The smallest absolute Gasteiger partial charge is 0.0525 e. The van der Waals surface area contributed by atoms with Crippen LogP contribution < -0.4 is 5.73 Å². The fraction of sp³-hybridized carbons (Fsp3) is 0.385. The third kappa shape index (κ3) is 2.09. The van der Waals surface area contributed by atoms with E-state index in [0.717, 1.165) is 29.0 Å². The lowest BCUT2D eigenvalue weighted by Crippen LogP contribution is -2.13. The molecule has 0 radical (unpaired) electrons. The second-order valence-electron chi connectivity index (χ2n) is 4.13. The van der Waals surface area contributed by atoms with Crippen LogP contribution in [0.5, 0.6) is 0 Å². The number of hydrogen-bond acceptors (Lipinski definition) is 1. The highest BCUT2D eigenvalue weighted by Gasteiger charge is 2.17. The molecular weight excluding hydrogens is 206 g/mol. The van der Waals surface area contributed by atoms with E-state index in [2.05, 4.69) is 6.08 Å². The first-order valence-corrected chi connectivity index (χ1v) is 5.77. The van der Waals surface area contributed by atoms with Crippen molar-refractivity contribution in [3.8, 4) is 0 Å². The Hall–Kier alpha value is -0.790. The molecule has 0 aliphatic heterocycles. The minimum atomic E-state index is -0.0140. The van der Waals surface area contributed by atoms with E-state index < -0.39 is 0 Å². The predicted octanol–water partition coefficient (Wildman–Crippen LogP) is 3.76. The lowest BCUT2D eigenvalue weighted by atomic mass is 9.97. The summed E-state index contributed by atoms with van der Waals surface area (Å²) >= 11 is 6.26. The van der Waals surface area contributed by atoms with Crippen LogP contribution in [0.2, 0.25) is 5.02 Å². The normalized spacial score (nSPS) is 17.7. The molecule has 1 aliphatic carbocycles. The van der Waals surface area contributed by atoms with Crippen molar-refractivity contribution in [2.24, 2.45) is 5.73 Å². The maximum atomic E-state index is 6.26. The average Bonchev–Trinajstić information content (AvgIpc) is 2.74. The molecule has 1 nitrogen and oxygen atoms in total. The van der Waals surface area contributed by atoms with Gasteiger partial charge in [-0.2, -0.15) is 0 Å². The van der Waals surface area contributed by atoms with E-state index in [0.29, 0.717) is 0 Å². The lowest BCUT2D eigenvalue weighted by Gasteiger charge is -2.16. The quantitative estimate of drug-likeness (QED) is 0.757. The standard InChI is InChI=1S/C13H16ClN/c1-9-5-4-8-11(12(9)14)13(15)10-6-2-3-7-10/h4-6,8,13H,2-3,7,15H2,1H3. The molecule has 0 fully saturated rings. The molecule has 0 aromatic heterocycles. The second kappa shape index (κ2) is 4.38. The summed E-state index contributed by atoms with van der Waals surface area (Å²) < 4.78 is 0. The van der Waals surface area contributed by atoms with Gasteiger partial charge in [0.1, 0.15) is 0 Å². The fourth-order valence-electron chi connectivity index (χ4n) is 2.09. The van der Waals surface area contributed by atoms with E-state index in [1.165, 1.54) is 12.0 Å². The van der Waals surface area contributed by atoms with Crippen molar-refractivity contribution in [2.75, 3.05) is 0 Å². The molecule has 0 bridgehead atoms. The number of aryl methyl sites for hydroxylation is 1. The lowest BCUT2D eigenvalue weighted by molar-refractivity contribution is 0.784. The minimum Gasteiger partial charge on any atom is -0.321 e. The SMILES string of the molecule is Cc1cccc(C(N)C2=CCCC2)c1Cl. The monoisotopic (exact) mass is 221 g/mol. The van der Waals surface area contributed by atoms with E-state index in [1.807, 2.05) is 25.1 Å². The second-order valence-corrected chi connectivity index (χ2v) is 4.51. The van der Waals surface area contributed by atoms with Gasteiger partial charge in [0.2, 0.25) is 0 Å². The van der Waals surface area contributed by atoms with Crippen molar-refractivity contribution < 1.29 is 0 Å². The van der Waals surface area contributed by atoms with Gasteiger partial charge in [0.05, 0.1) is 6.04 Å². The molecule has 80 valence electrons. The maximum Gasteiger partial charge on any atom is 0.0525 e. The molecule has 1 aliphatic rings. The van der Waals surface area contributed by atoms with Crippen LogP contribution in [0.3, 0.4) is 0 Å². The first-order chi connectivity index (χ1) is 7.20. The highest BCUT2D eigenvalue weighted by Crippen LogP contribution is 2.33. The summed E-state index contributed by atoms with van der Waals surface area (Å²) in [5, 5.41) is 0.817. The summed E-state index contributed by atoms with van der Waals surface area (Å²) in [5.41, 5.74) is 9.71. The van der Waals surface area contributed by atoms with Crippen LogP contribution >= 0.6 is 11.6 Å². The van der Waals surface area contributed by atoms with Gasteiger partial charge in [0.25, 0.3) is 0 Å². The molecule has 2 rings (SSSR count). The van der Waals surface area contributed by atoms with E-state index in [4.69, 9.17) is 17.3 Å². The minimum absolute atomic E-state index is 0.0140. The summed E-state index contributed by atoms with van der Waals surface area (Å²) in [7, 11) is 0. The summed E-state index contributed by atoms with van der Waals surface area (Å²) in [6.45, 7) is 2.02. The molecule has 1 aromatic rings. The summed E-state index contributed by atoms with van der Waals surface area (Å²) in [6.07, 6.45) is 5.76. The molecule has 2 N–H and O–H groups in total. The maximum absolute atomic E-state index is 6.26. The van der Waals surface area contributed by atoms with E-state index in [1.54, 1.807) is 0 Å². The average molecular weight is 222 g/mol. The first kappa shape index (κ1) is 10.7. The van der Waals surface area contributed by atoms with Crippen molar-refractivity contribution in [3.05, 3.63) is 46.0 Å². The van der Waals surface area contributed by atoms with Gasteiger partial charge in [-0.25, -0.2) is 0 Å². The Labute approximate surface area is 95.9 Å². The zero-order valence-corrected chi connectivity index (χ0v) is 9.72.